The van der Waals surface area contributed by atoms with Crippen molar-refractivity contribution in [3.8, 4) is 33.4 Å². The highest BCUT2D eigenvalue weighted by molar-refractivity contribution is 7.19. The Morgan fingerprint density at radius 3 is 1.14 bits per heavy atom. The quantitative estimate of drug-likeness (QED) is 0.104. The highest BCUT2D eigenvalue weighted by atomic mass is 28.3. The third kappa shape index (κ3) is 6.34. The van der Waals surface area contributed by atoms with Gasteiger partial charge < -0.3 is 4.90 Å². The Hall–Kier alpha value is -7.00. The van der Waals surface area contributed by atoms with E-state index in [2.05, 4.69) is 255 Å². The average molecular weight is 772 g/mol. The molecule has 0 N–H and O–H groups in total. The van der Waals surface area contributed by atoms with Gasteiger partial charge in [-0.05, 0) is 108 Å². The van der Waals surface area contributed by atoms with Crippen LogP contribution in [-0.4, -0.2) is 8.07 Å². The lowest BCUT2D eigenvalue weighted by atomic mass is 9.81. The second-order valence-electron chi connectivity index (χ2n) is 16.1. The van der Waals surface area contributed by atoms with Crippen molar-refractivity contribution in [1.29, 1.82) is 0 Å². The van der Waals surface area contributed by atoms with E-state index < -0.39 is 8.07 Å². The number of hydrogen-bond acceptors (Lipinski definition) is 1. The maximum atomic E-state index is 2.44. The largest absolute Gasteiger partial charge is 0.310 e. The molecule has 1 aliphatic carbocycles. The highest BCUT2D eigenvalue weighted by Gasteiger charge is 2.41. The first-order valence-corrected chi connectivity index (χ1v) is 22.6. The predicted octanol–water partition coefficient (Wildman–Crippen LogP) is 12.2. The Morgan fingerprint density at radius 1 is 0.305 bits per heavy atom. The fraction of sp³-hybridized carbons (Fsp3) is 0.0526. The lowest BCUT2D eigenvalue weighted by molar-refractivity contribution is 0.660. The molecule has 0 amide bonds. The summed E-state index contributed by atoms with van der Waals surface area (Å²) in [4.78, 5) is 2.43. The summed E-state index contributed by atoms with van der Waals surface area (Å²) in [5.41, 5.74) is 13.5. The summed E-state index contributed by atoms with van der Waals surface area (Å²) < 4.78 is 0. The van der Waals surface area contributed by atoms with E-state index in [4.69, 9.17) is 0 Å². The number of fused-ring (bicyclic) bond motifs is 3. The third-order valence-electron chi connectivity index (χ3n) is 12.4. The van der Waals surface area contributed by atoms with E-state index in [0.717, 1.165) is 17.1 Å². The van der Waals surface area contributed by atoms with Crippen molar-refractivity contribution in [2.45, 2.75) is 19.3 Å². The second-order valence-corrected chi connectivity index (χ2v) is 19.9. The maximum absolute atomic E-state index is 2.68. The summed E-state index contributed by atoms with van der Waals surface area (Å²) in [5, 5.41) is 5.46. The van der Waals surface area contributed by atoms with Gasteiger partial charge >= 0.3 is 0 Å². The third-order valence-corrected chi connectivity index (χ3v) is 17.2. The molecule has 0 fully saturated rings. The molecule has 2 heteroatoms. The predicted molar refractivity (Wildman–Crippen MR) is 253 cm³/mol. The van der Waals surface area contributed by atoms with Gasteiger partial charge in [0.05, 0.1) is 0 Å². The molecule has 59 heavy (non-hydrogen) atoms. The van der Waals surface area contributed by atoms with Crippen LogP contribution in [0.5, 0.6) is 0 Å². The molecule has 0 aliphatic heterocycles. The average Bonchev–Trinajstić information content (AvgIpc) is 3.53. The smallest absolute Gasteiger partial charge is 0.179 e. The summed E-state index contributed by atoms with van der Waals surface area (Å²) in [5.74, 6) is 0. The number of rotatable bonds is 9. The summed E-state index contributed by atoms with van der Waals surface area (Å²) in [7, 11) is -2.68. The normalized spacial score (nSPS) is 12.7. The molecule has 0 saturated heterocycles. The number of nitrogens with zero attached hydrogens (tertiary/aromatic N) is 1. The first-order chi connectivity index (χ1) is 29.0. The van der Waals surface area contributed by atoms with Crippen molar-refractivity contribution < 1.29 is 0 Å². The molecule has 0 atom stereocenters. The van der Waals surface area contributed by atoms with Gasteiger partial charge in [0.2, 0.25) is 0 Å². The van der Waals surface area contributed by atoms with Gasteiger partial charge in [-0.15, -0.1) is 0 Å². The molecule has 10 rings (SSSR count). The standard InChI is InChI=1S/C57H45NSi/c1-57(2)55-40-45(43-20-10-4-11-21-43)30-38-53(55)54-39-35-48(41-56(54)57)58(46-31-28-44(29-32-46)42-18-8-3-9-19-42)47-33-36-52(37-34-47)59(49-22-12-5-13-23-49,50-24-14-6-15-25-50)51-26-16-7-17-27-51/h3-41H,1-2H3. The van der Waals surface area contributed by atoms with Crippen molar-refractivity contribution in [2.75, 3.05) is 4.90 Å². The highest BCUT2D eigenvalue weighted by Crippen LogP contribution is 2.51. The zero-order valence-electron chi connectivity index (χ0n) is 33.5. The Bertz CT molecular complexity index is 2760. The Kier molecular flexibility index (Phi) is 9.28. The Labute approximate surface area is 349 Å². The van der Waals surface area contributed by atoms with Crippen molar-refractivity contribution in [3.63, 3.8) is 0 Å². The van der Waals surface area contributed by atoms with Crippen LogP contribution in [0, 0.1) is 0 Å². The van der Waals surface area contributed by atoms with E-state index in [1.54, 1.807) is 0 Å². The summed E-state index contributed by atoms with van der Waals surface area (Å²) >= 11 is 0. The summed E-state index contributed by atoms with van der Waals surface area (Å²) in [6, 6.07) is 87.5. The van der Waals surface area contributed by atoms with E-state index in [1.807, 2.05) is 0 Å². The molecule has 1 nitrogen and oxygen atoms in total. The van der Waals surface area contributed by atoms with E-state index >= 15 is 0 Å². The minimum absolute atomic E-state index is 0.176. The zero-order valence-corrected chi connectivity index (χ0v) is 34.5. The van der Waals surface area contributed by atoms with E-state index in [1.165, 1.54) is 65.3 Å². The van der Waals surface area contributed by atoms with Crippen LogP contribution in [0.4, 0.5) is 17.1 Å². The van der Waals surface area contributed by atoms with Gasteiger partial charge in [0.15, 0.2) is 8.07 Å². The van der Waals surface area contributed by atoms with Crippen LogP contribution in [0.15, 0.2) is 237 Å². The number of hydrogen-bond donors (Lipinski definition) is 0. The molecule has 282 valence electrons. The molecule has 0 radical (unpaired) electrons. The first-order valence-electron chi connectivity index (χ1n) is 20.6. The van der Waals surface area contributed by atoms with Crippen LogP contribution in [-0.2, 0) is 5.41 Å². The van der Waals surface area contributed by atoms with Crippen LogP contribution in [0.3, 0.4) is 0 Å². The van der Waals surface area contributed by atoms with Crippen LogP contribution >= 0.6 is 0 Å². The first kappa shape index (κ1) is 36.3. The topological polar surface area (TPSA) is 3.24 Å². The number of benzene rings is 9. The molecule has 0 saturated carbocycles. The molecular formula is C57H45NSi. The second kappa shape index (κ2) is 15.1. The lowest BCUT2D eigenvalue weighted by Crippen LogP contribution is -2.74. The van der Waals surface area contributed by atoms with Gasteiger partial charge in [0.25, 0.3) is 0 Å². The maximum Gasteiger partial charge on any atom is 0.179 e. The van der Waals surface area contributed by atoms with Gasteiger partial charge in [-0.1, -0.05) is 208 Å². The van der Waals surface area contributed by atoms with Crippen LogP contribution in [0.2, 0.25) is 0 Å². The summed E-state index contributed by atoms with van der Waals surface area (Å²) in [6.45, 7) is 4.76. The van der Waals surface area contributed by atoms with Gasteiger partial charge in [-0.25, -0.2) is 0 Å². The zero-order chi connectivity index (χ0) is 39.8. The van der Waals surface area contributed by atoms with Gasteiger partial charge in [0, 0.05) is 22.5 Å². The van der Waals surface area contributed by atoms with Crippen molar-refractivity contribution in [2.24, 2.45) is 0 Å². The molecule has 0 unspecified atom stereocenters. The molecule has 0 spiro atoms. The SMILES string of the molecule is CC1(C)c2cc(-c3ccccc3)ccc2-c2ccc(N(c3ccc(-c4ccccc4)cc3)c3ccc([Si](c4ccccc4)(c4ccccc4)c4ccccc4)cc3)cc21. The molecule has 9 aromatic carbocycles. The van der Waals surface area contributed by atoms with Gasteiger partial charge in [-0.3, -0.25) is 0 Å². The monoisotopic (exact) mass is 771 g/mol. The Morgan fingerprint density at radius 2 is 0.644 bits per heavy atom. The van der Waals surface area contributed by atoms with Crippen LogP contribution in [0.1, 0.15) is 25.0 Å². The Balaban J connectivity index is 1.12. The van der Waals surface area contributed by atoms with Crippen LogP contribution < -0.4 is 25.6 Å². The molecule has 9 aromatic rings. The van der Waals surface area contributed by atoms with Crippen LogP contribution in [0.25, 0.3) is 33.4 Å². The molecular weight excluding hydrogens is 727 g/mol. The van der Waals surface area contributed by atoms with E-state index in [0.29, 0.717) is 0 Å². The molecule has 0 bridgehead atoms. The van der Waals surface area contributed by atoms with E-state index in [-0.39, 0.29) is 5.41 Å². The van der Waals surface area contributed by atoms with Crippen molar-refractivity contribution in [1.82, 2.24) is 0 Å². The van der Waals surface area contributed by atoms with Gasteiger partial charge in [0.1, 0.15) is 0 Å². The fourth-order valence-electron chi connectivity index (χ4n) is 9.48. The minimum Gasteiger partial charge on any atom is -0.310 e. The van der Waals surface area contributed by atoms with Crippen molar-refractivity contribution >= 4 is 45.9 Å². The summed E-state index contributed by atoms with van der Waals surface area (Å²) in [6.07, 6.45) is 0. The minimum atomic E-state index is -2.68. The molecule has 1 aliphatic rings. The number of anilines is 3. The van der Waals surface area contributed by atoms with Gasteiger partial charge in [-0.2, -0.15) is 0 Å². The fourth-order valence-corrected chi connectivity index (χ4v) is 14.2. The molecule has 0 aromatic heterocycles. The lowest BCUT2D eigenvalue weighted by Gasteiger charge is -2.35. The van der Waals surface area contributed by atoms with E-state index in [9.17, 15) is 0 Å². The molecule has 0 heterocycles. The van der Waals surface area contributed by atoms with Crippen molar-refractivity contribution in [3.05, 3.63) is 248 Å².